The first kappa shape index (κ1) is 17.0. The van der Waals surface area contributed by atoms with Gasteiger partial charge in [-0.25, -0.2) is 9.50 Å². The molecule has 2 aromatic heterocycles. The van der Waals surface area contributed by atoms with Gasteiger partial charge in [0.15, 0.2) is 5.65 Å². The molecule has 2 unspecified atom stereocenters. The molecule has 1 aromatic carbocycles. The highest BCUT2D eigenvalue weighted by Crippen LogP contribution is 2.37. The summed E-state index contributed by atoms with van der Waals surface area (Å²) in [4.78, 5) is 17.0. The molecule has 0 bridgehead atoms. The van der Waals surface area contributed by atoms with E-state index in [0.717, 1.165) is 24.8 Å². The fourth-order valence-corrected chi connectivity index (χ4v) is 3.79. The third-order valence-corrected chi connectivity index (χ3v) is 5.11. The largest absolute Gasteiger partial charge is 0.393 e. The third-order valence-electron chi connectivity index (χ3n) is 4.87. The van der Waals surface area contributed by atoms with Crippen molar-refractivity contribution in [1.29, 1.82) is 0 Å². The van der Waals surface area contributed by atoms with Gasteiger partial charge in [0.25, 0.3) is 5.91 Å². The van der Waals surface area contributed by atoms with Crippen molar-refractivity contribution in [2.24, 2.45) is 0 Å². The molecule has 0 aliphatic heterocycles. The second kappa shape index (κ2) is 7.05. The summed E-state index contributed by atoms with van der Waals surface area (Å²) >= 11 is 6.16. The lowest BCUT2D eigenvalue weighted by Crippen LogP contribution is -2.20. The molecule has 1 aliphatic carbocycles. The van der Waals surface area contributed by atoms with Crippen LogP contribution in [0.4, 0.5) is 5.69 Å². The van der Waals surface area contributed by atoms with Gasteiger partial charge in [-0.3, -0.25) is 4.79 Å². The fourth-order valence-electron chi connectivity index (χ4n) is 3.62. The van der Waals surface area contributed by atoms with Crippen LogP contribution in [0.1, 0.15) is 47.5 Å². The van der Waals surface area contributed by atoms with Gasteiger partial charge in [0, 0.05) is 23.1 Å². The molecule has 1 fully saturated rings. The average molecular weight is 371 g/mol. The Morgan fingerprint density at radius 2 is 2.23 bits per heavy atom. The SMILES string of the molecule is O=C(Nc1cc(Cl)ccc1C1CCCC(O)C1)c1cnn2cccnc12. The van der Waals surface area contributed by atoms with E-state index in [1.54, 1.807) is 29.0 Å². The monoisotopic (exact) mass is 370 g/mol. The highest BCUT2D eigenvalue weighted by molar-refractivity contribution is 6.31. The quantitative estimate of drug-likeness (QED) is 0.737. The molecule has 3 aromatic rings. The van der Waals surface area contributed by atoms with Crippen molar-refractivity contribution in [3.05, 3.63) is 59.0 Å². The molecule has 1 amide bonds. The van der Waals surface area contributed by atoms with Crippen LogP contribution >= 0.6 is 11.6 Å². The second-order valence-corrected chi connectivity index (χ2v) is 7.09. The first-order chi connectivity index (χ1) is 12.6. The smallest absolute Gasteiger partial charge is 0.261 e. The number of carbonyl (C=O) groups excluding carboxylic acids is 1. The Hall–Kier alpha value is -2.44. The number of aliphatic hydroxyl groups is 1. The van der Waals surface area contributed by atoms with Crippen LogP contribution in [0, 0.1) is 0 Å². The van der Waals surface area contributed by atoms with Gasteiger partial charge in [-0.15, -0.1) is 0 Å². The Morgan fingerprint density at radius 1 is 1.35 bits per heavy atom. The predicted molar refractivity (Wildman–Crippen MR) is 99.6 cm³/mol. The van der Waals surface area contributed by atoms with Gasteiger partial charge in [0.2, 0.25) is 0 Å². The van der Waals surface area contributed by atoms with Gasteiger partial charge in [0.05, 0.1) is 12.3 Å². The summed E-state index contributed by atoms with van der Waals surface area (Å²) in [5.41, 5.74) is 2.59. The molecule has 1 aliphatic rings. The van der Waals surface area contributed by atoms with Gasteiger partial charge < -0.3 is 10.4 Å². The van der Waals surface area contributed by atoms with E-state index < -0.39 is 0 Å². The van der Waals surface area contributed by atoms with E-state index in [1.165, 1.54) is 6.20 Å². The minimum absolute atomic E-state index is 0.202. The van der Waals surface area contributed by atoms with Crippen molar-refractivity contribution in [2.75, 3.05) is 5.32 Å². The van der Waals surface area contributed by atoms with E-state index >= 15 is 0 Å². The molecule has 7 heteroatoms. The summed E-state index contributed by atoms with van der Waals surface area (Å²) in [5, 5.41) is 17.7. The van der Waals surface area contributed by atoms with Crippen molar-refractivity contribution in [3.63, 3.8) is 0 Å². The number of halogens is 1. The molecular weight excluding hydrogens is 352 g/mol. The number of nitrogens with zero attached hydrogens (tertiary/aromatic N) is 3. The number of nitrogens with one attached hydrogen (secondary N) is 1. The summed E-state index contributed by atoms with van der Waals surface area (Å²) in [5.74, 6) is -0.0769. The van der Waals surface area contributed by atoms with Crippen LogP contribution in [-0.2, 0) is 0 Å². The highest BCUT2D eigenvalue weighted by atomic mass is 35.5. The number of anilines is 1. The topological polar surface area (TPSA) is 79.5 Å². The van der Waals surface area contributed by atoms with Crippen LogP contribution in [0.25, 0.3) is 5.65 Å². The van der Waals surface area contributed by atoms with Gasteiger partial charge in [-0.2, -0.15) is 5.10 Å². The lowest BCUT2D eigenvalue weighted by molar-refractivity contribution is 0.102. The molecule has 0 spiro atoms. The number of hydrogen-bond donors (Lipinski definition) is 2. The minimum Gasteiger partial charge on any atom is -0.393 e. The number of rotatable bonds is 3. The fraction of sp³-hybridized carbons (Fsp3) is 0.316. The first-order valence-electron chi connectivity index (χ1n) is 8.69. The summed E-state index contributed by atoms with van der Waals surface area (Å²) < 4.78 is 1.56. The van der Waals surface area contributed by atoms with Crippen LogP contribution in [0.5, 0.6) is 0 Å². The van der Waals surface area contributed by atoms with E-state index in [2.05, 4.69) is 15.4 Å². The zero-order valence-corrected chi connectivity index (χ0v) is 14.9. The van der Waals surface area contributed by atoms with E-state index in [-0.39, 0.29) is 17.9 Å². The lowest BCUT2D eigenvalue weighted by atomic mass is 9.82. The van der Waals surface area contributed by atoms with Crippen molar-refractivity contribution in [3.8, 4) is 0 Å². The Bertz CT molecular complexity index is 956. The van der Waals surface area contributed by atoms with Crippen LogP contribution in [0.2, 0.25) is 5.02 Å². The first-order valence-corrected chi connectivity index (χ1v) is 9.07. The molecule has 6 nitrogen and oxygen atoms in total. The Morgan fingerprint density at radius 3 is 3.08 bits per heavy atom. The van der Waals surface area contributed by atoms with E-state index in [4.69, 9.17) is 11.6 Å². The number of amides is 1. The molecule has 134 valence electrons. The lowest BCUT2D eigenvalue weighted by Gasteiger charge is -2.28. The molecule has 1 saturated carbocycles. The Kier molecular flexibility index (Phi) is 4.61. The average Bonchev–Trinajstić information content (AvgIpc) is 3.06. The minimum atomic E-state index is -0.295. The predicted octanol–water partition coefficient (Wildman–Crippen LogP) is 3.65. The number of fused-ring (bicyclic) bond motifs is 1. The summed E-state index contributed by atoms with van der Waals surface area (Å²) in [6.45, 7) is 0. The second-order valence-electron chi connectivity index (χ2n) is 6.65. The molecule has 26 heavy (non-hydrogen) atoms. The number of aliphatic hydroxyl groups excluding tert-OH is 1. The molecule has 2 N–H and O–H groups in total. The Labute approximate surface area is 155 Å². The maximum atomic E-state index is 12.8. The molecule has 2 atom stereocenters. The maximum absolute atomic E-state index is 12.8. The highest BCUT2D eigenvalue weighted by Gasteiger charge is 2.25. The molecule has 0 saturated heterocycles. The van der Waals surface area contributed by atoms with Crippen molar-refractivity contribution < 1.29 is 9.90 Å². The zero-order valence-electron chi connectivity index (χ0n) is 14.1. The summed E-state index contributed by atoms with van der Waals surface area (Å²) in [6.07, 6.45) is 8.07. The molecule has 2 heterocycles. The normalized spacial score (nSPS) is 20.2. The van der Waals surface area contributed by atoms with Crippen molar-refractivity contribution in [2.45, 2.75) is 37.7 Å². The number of carbonyl (C=O) groups is 1. The van der Waals surface area contributed by atoms with Crippen LogP contribution in [-0.4, -0.2) is 31.7 Å². The third kappa shape index (κ3) is 3.30. The summed E-state index contributed by atoms with van der Waals surface area (Å²) in [6, 6.07) is 7.28. The van der Waals surface area contributed by atoms with Gasteiger partial charge >= 0.3 is 0 Å². The number of benzene rings is 1. The standard InChI is InChI=1S/C19H19ClN4O2/c20-13-5-6-15(12-3-1-4-14(25)9-12)17(10-13)23-19(26)16-11-22-24-8-2-7-21-18(16)24/h2,5-8,10-12,14,25H,1,3-4,9H2,(H,23,26). The number of hydrogen-bond acceptors (Lipinski definition) is 4. The van der Waals surface area contributed by atoms with Crippen LogP contribution in [0.3, 0.4) is 0 Å². The maximum Gasteiger partial charge on any atom is 0.261 e. The van der Waals surface area contributed by atoms with Gasteiger partial charge in [-0.05, 0) is 48.9 Å². The molecule has 0 radical (unpaired) electrons. The van der Waals surface area contributed by atoms with E-state index in [0.29, 0.717) is 28.3 Å². The van der Waals surface area contributed by atoms with Gasteiger partial charge in [0.1, 0.15) is 5.56 Å². The van der Waals surface area contributed by atoms with Crippen LogP contribution < -0.4 is 5.32 Å². The Balaban J connectivity index is 1.65. The zero-order chi connectivity index (χ0) is 18.1. The number of aromatic nitrogens is 3. The van der Waals surface area contributed by atoms with E-state index in [1.807, 2.05) is 12.1 Å². The van der Waals surface area contributed by atoms with Gasteiger partial charge in [-0.1, -0.05) is 24.1 Å². The molecular formula is C19H19ClN4O2. The van der Waals surface area contributed by atoms with Crippen molar-refractivity contribution >= 4 is 28.8 Å². The van der Waals surface area contributed by atoms with Crippen LogP contribution in [0.15, 0.2) is 42.9 Å². The summed E-state index contributed by atoms with van der Waals surface area (Å²) in [7, 11) is 0. The molecule has 4 rings (SSSR count). The van der Waals surface area contributed by atoms with E-state index in [9.17, 15) is 9.90 Å². The van der Waals surface area contributed by atoms with Crippen molar-refractivity contribution in [1.82, 2.24) is 14.6 Å².